The van der Waals surface area contributed by atoms with Gasteiger partial charge in [0.05, 0.1) is 242 Å². The number of ether oxygens (including phenoxy) is 16. The molecule has 0 bridgehead atoms. The largest absolute Gasteiger partial charge is 0.481 e. The molecular formula is C95H129N7O41. The maximum atomic E-state index is 13.5. The lowest BCUT2D eigenvalue weighted by Crippen LogP contribution is -2.59. The first-order valence-electron chi connectivity index (χ1n) is 45.8. The number of amides is 7. The van der Waals surface area contributed by atoms with E-state index in [9.17, 15) is 76.7 Å². The monoisotopic (exact) mass is 2020 g/mol. The minimum Gasteiger partial charge on any atom is -0.481 e. The van der Waals surface area contributed by atoms with Crippen molar-refractivity contribution in [1.29, 1.82) is 0 Å². The van der Waals surface area contributed by atoms with Crippen molar-refractivity contribution in [3.63, 3.8) is 0 Å². The van der Waals surface area contributed by atoms with Crippen LogP contribution in [0.5, 0.6) is 0 Å². The summed E-state index contributed by atoms with van der Waals surface area (Å²) in [5.74, 6) is -13.1. The van der Waals surface area contributed by atoms with Crippen molar-refractivity contribution in [1.82, 2.24) is 37.2 Å². The molecule has 0 heterocycles. The molecule has 0 aromatic heterocycles. The molecule has 0 aliphatic rings. The third kappa shape index (κ3) is 53.6. The number of hydrogen-bond donors (Lipinski definition) is 16. The SMILES string of the molecule is O=C(O)CCOCC(COCCC(=O)O)(COCCC(=O)O)NC(=O)CCOCC(COCCC(=O)NC(COCCC(=O)O)(COCCC(=O)O)COCCC(=O)O)NC(=O)CCCNC(=O)OCc1c2ccccc2cc2ccccc12.O=C(O)CCOCC(COCCC(=O)O)(COCCC(=O)O)NC(=O)CCOCCNC(=O)COCCOCCNC(=O)OCc1c2ccccc2cc2ccccc12. The van der Waals surface area contributed by atoms with Gasteiger partial charge in [0.15, 0.2) is 0 Å². The highest BCUT2D eigenvalue weighted by atomic mass is 16.6. The highest BCUT2D eigenvalue weighted by Gasteiger charge is 2.38. The molecule has 0 unspecified atom stereocenters. The highest BCUT2D eigenvalue weighted by molar-refractivity contribution is 6.03. The van der Waals surface area contributed by atoms with E-state index in [1.165, 1.54) is 0 Å². The molecule has 0 radical (unpaired) electrons. The predicted octanol–water partition coefficient (Wildman–Crippen LogP) is 4.06. The summed E-state index contributed by atoms with van der Waals surface area (Å²) in [7, 11) is 0. The average molecular weight is 2030 g/mol. The fourth-order valence-electron chi connectivity index (χ4n) is 13.4. The molecule has 0 aliphatic heterocycles. The van der Waals surface area contributed by atoms with E-state index in [0.717, 1.165) is 54.2 Å². The quantitative estimate of drug-likeness (QED) is 0.0189. The van der Waals surface area contributed by atoms with Gasteiger partial charge in [0, 0.05) is 56.4 Å². The van der Waals surface area contributed by atoms with E-state index < -0.39 is 196 Å². The smallest absolute Gasteiger partial charge is 0.407 e. The van der Waals surface area contributed by atoms with Gasteiger partial charge < -0.3 is 159 Å². The van der Waals surface area contributed by atoms with Crippen molar-refractivity contribution in [2.75, 3.05) is 205 Å². The number of hydrogen-bond acceptors (Lipinski definition) is 32. The van der Waals surface area contributed by atoms with Crippen LogP contribution < -0.4 is 37.2 Å². The summed E-state index contributed by atoms with van der Waals surface area (Å²) < 4.78 is 88.5. The zero-order valence-electron chi connectivity index (χ0n) is 79.3. The number of carbonyl (C=O) groups excluding carboxylic acids is 7. The van der Waals surface area contributed by atoms with Gasteiger partial charge in [0.2, 0.25) is 29.5 Å². The first kappa shape index (κ1) is 120. The number of carbonyl (C=O) groups is 16. The summed E-state index contributed by atoms with van der Waals surface area (Å²) in [4.78, 5) is 190. The van der Waals surface area contributed by atoms with Gasteiger partial charge >= 0.3 is 65.9 Å². The Morgan fingerprint density at radius 1 is 0.252 bits per heavy atom. The van der Waals surface area contributed by atoms with E-state index >= 15 is 0 Å². The lowest BCUT2D eigenvalue weighted by molar-refractivity contribution is -0.142. The van der Waals surface area contributed by atoms with Crippen molar-refractivity contribution < 1.29 is 198 Å². The number of aliphatic carboxylic acids is 9. The fraction of sp³-hybridized carbons (Fsp3) is 0.537. The van der Waals surface area contributed by atoms with Crippen LogP contribution in [0.2, 0.25) is 0 Å². The van der Waals surface area contributed by atoms with Crippen molar-refractivity contribution >= 4 is 139 Å². The van der Waals surface area contributed by atoms with Gasteiger partial charge in [0.1, 0.15) is 36.4 Å². The molecule has 6 aromatic rings. The van der Waals surface area contributed by atoms with E-state index in [2.05, 4.69) is 49.4 Å². The van der Waals surface area contributed by atoms with Crippen LogP contribution in [0.15, 0.2) is 109 Å². The van der Waals surface area contributed by atoms with E-state index in [1.54, 1.807) is 0 Å². The summed E-state index contributed by atoms with van der Waals surface area (Å²) in [5.41, 5.74) is -2.76. The second kappa shape index (κ2) is 69.7. The fourth-order valence-corrected chi connectivity index (χ4v) is 13.4. The second-order valence-corrected chi connectivity index (χ2v) is 32.2. The number of nitrogens with one attached hydrogen (secondary N) is 7. The van der Waals surface area contributed by atoms with Crippen LogP contribution in [-0.2, 0) is 156 Å². The molecule has 16 N–H and O–H groups in total. The predicted molar refractivity (Wildman–Crippen MR) is 502 cm³/mol. The van der Waals surface area contributed by atoms with Gasteiger partial charge in [-0.2, -0.15) is 0 Å². The van der Waals surface area contributed by atoms with Crippen LogP contribution in [0, 0.1) is 0 Å². The molecule has 6 rings (SSSR count). The maximum Gasteiger partial charge on any atom is 0.407 e. The highest BCUT2D eigenvalue weighted by Crippen LogP contribution is 2.31. The Morgan fingerprint density at radius 2 is 0.503 bits per heavy atom. The Labute approximate surface area is 821 Å². The van der Waals surface area contributed by atoms with Gasteiger partial charge in [0.25, 0.3) is 0 Å². The third-order valence-corrected chi connectivity index (χ3v) is 20.2. The zero-order valence-corrected chi connectivity index (χ0v) is 79.3. The number of benzene rings is 6. The van der Waals surface area contributed by atoms with E-state index in [1.807, 2.05) is 97.1 Å². The number of carboxylic acid groups (broad SMARTS) is 9. The van der Waals surface area contributed by atoms with Crippen molar-refractivity contribution in [2.45, 2.75) is 126 Å². The summed E-state index contributed by atoms with van der Waals surface area (Å²) in [6, 6.07) is 34.6. The number of carboxylic acids is 9. The van der Waals surface area contributed by atoms with Crippen LogP contribution in [0.25, 0.3) is 43.1 Å². The summed E-state index contributed by atoms with van der Waals surface area (Å²) in [6.07, 6.45) is -5.44. The van der Waals surface area contributed by atoms with Crippen molar-refractivity contribution in [3.05, 3.63) is 120 Å². The molecule has 143 heavy (non-hydrogen) atoms. The van der Waals surface area contributed by atoms with Gasteiger partial charge in [-0.3, -0.25) is 67.1 Å². The molecule has 0 atom stereocenters. The van der Waals surface area contributed by atoms with E-state index in [0.29, 0.717) is 0 Å². The Balaban J connectivity index is 0.000000535. The Morgan fingerprint density at radius 3 is 0.797 bits per heavy atom. The third-order valence-electron chi connectivity index (χ3n) is 20.2. The number of alkyl carbamates (subject to hydrolysis) is 2. The van der Waals surface area contributed by atoms with Crippen LogP contribution in [0.3, 0.4) is 0 Å². The minimum absolute atomic E-state index is 0.0228. The topological polar surface area (TPSA) is 687 Å². The first-order chi connectivity index (χ1) is 68.7. The Hall–Kier alpha value is -13.1. The zero-order chi connectivity index (χ0) is 104. The van der Waals surface area contributed by atoms with E-state index in [-0.39, 0.29) is 230 Å². The Bertz CT molecular complexity index is 4630. The molecule has 0 fully saturated rings. The molecule has 0 spiro atoms. The van der Waals surface area contributed by atoms with Crippen LogP contribution >= 0.6 is 0 Å². The molecule has 6 aromatic carbocycles. The van der Waals surface area contributed by atoms with Gasteiger partial charge in [-0.1, -0.05) is 97.1 Å². The van der Waals surface area contributed by atoms with Crippen molar-refractivity contribution in [2.24, 2.45) is 0 Å². The average Bonchev–Trinajstić information content (AvgIpc) is 0.779. The molecule has 0 aliphatic carbocycles. The van der Waals surface area contributed by atoms with Crippen LogP contribution in [0.1, 0.15) is 101 Å². The first-order valence-corrected chi connectivity index (χ1v) is 45.8. The number of fused-ring (bicyclic) bond motifs is 4. The lowest BCUT2D eigenvalue weighted by atomic mass is 9.97. The van der Waals surface area contributed by atoms with Gasteiger partial charge in [-0.15, -0.1) is 0 Å². The molecule has 48 heteroatoms. The summed E-state index contributed by atoms with van der Waals surface area (Å²) >= 11 is 0. The summed E-state index contributed by atoms with van der Waals surface area (Å²) in [6.45, 7) is -5.79. The van der Waals surface area contributed by atoms with Crippen molar-refractivity contribution in [3.8, 4) is 0 Å². The van der Waals surface area contributed by atoms with Gasteiger partial charge in [-0.05, 0) is 61.6 Å². The minimum atomic E-state index is -1.56. The lowest BCUT2D eigenvalue weighted by Gasteiger charge is -2.34. The van der Waals surface area contributed by atoms with Crippen LogP contribution in [-0.4, -0.2) is 369 Å². The molecule has 48 nitrogen and oxygen atoms in total. The van der Waals surface area contributed by atoms with Crippen LogP contribution in [0.4, 0.5) is 9.59 Å². The molecule has 790 valence electrons. The van der Waals surface area contributed by atoms with E-state index in [4.69, 9.17) is 122 Å². The standard InChI is InChI=1S/C55H76N4O25.C40H53N3O16/c60-44(10-5-19-56-53(75)84-31-43-41-8-3-1-6-38(41)28-39-7-2-4-9-42(39)43)57-40(29-76-20-11-45(61)58-54(32-78-22-13-47(63)64,33-79-23-14-48(65)66)34-80-24-15-49(67)68)30-77-21-12-46(62)59-55(35-81-25-16-50(69)70,36-82-26-17-51(71)72)37-83-27-18-52(73)74;44-34(43-40(26-56-16-10-36(46)47,27-57-17-11-37(48)49)28-58-18-12-38(50)51)9-15-53-19-13-41-35(45)25-55-22-21-54-20-14-42-39(52)59-24-33-31-7-3-1-5-29(31)23-30-6-2-4-8-32(30)33/h1-4,6-9,28,40H,5,10-27,29-37H2,(H,56,75)(H,57,60)(H,58,61)(H,59,62)(H,63,64)(H,65,66)(H,67,68)(H,69,70)(H,71,72)(H,73,74);1-8,23H,9-22,24-28H2,(H,41,45)(H,42,52)(H,43,44)(H,46,47)(H,48,49)(H,50,51). The maximum absolute atomic E-state index is 13.5. The summed E-state index contributed by atoms with van der Waals surface area (Å²) in [5, 5.41) is 108. The molecular weight excluding hydrogens is 1900 g/mol. The second-order valence-electron chi connectivity index (χ2n) is 32.2. The molecule has 7 amide bonds. The Kier molecular flexibility index (Phi) is 58.7. The normalized spacial score (nSPS) is 11.4. The molecule has 0 saturated heterocycles. The van der Waals surface area contributed by atoms with Gasteiger partial charge in [-0.25, -0.2) is 9.59 Å². The number of rotatable bonds is 81. The molecule has 0 saturated carbocycles.